The highest BCUT2D eigenvalue weighted by atomic mass is 15.4. The van der Waals surface area contributed by atoms with Gasteiger partial charge in [0, 0.05) is 25.0 Å². The van der Waals surface area contributed by atoms with Gasteiger partial charge in [-0.25, -0.2) is 0 Å². The molecule has 2 heteroatoms. The maximum Gasteiger partial charge on any atom is 0.0979 e. The third-order valence-electron chi connectivity index (χ3n) is 3.56. The molecule has 1 aliphatic heterocycles. The Balaban J connectivity index is 2.85. The Labute approximate surface area is 94.9 Å². The molecule has 0 amide bonds. The molecule has 0 aromatic heterocycles. The molecule has 0 aliphatic carbocycles. The van der Waals surface area contributed by atoms with Gasteiger partial charge >= 0.3 is 0 Å². The largest absolute Gasteiger partial charge is 0.356 e. The second kappa shape index (κ2) is 5.43. The van der Waals surface area contributed by atoms with Gasteiger partial charge in [0.2, 0.25) is 0 Å². The van der Waals surface area contributed by atoms with Crippen molar-refractivity contribution < 1.29 is 0 Å². The lowest BCUT2D eigenvalue weighted by Gasteiger charge is -2.29. The predicted molar refractivity (Wildman–Crippen MR) is 66.4 cm³/mol. The smallest absolute Gasteiger partial charge is 0.0979 e. The normalized spacial score (nSPS) is 21.8. The Kier molecular flexibility index (Phi) is 4.49. The van der Waals surface area contributed by atoms with Crippen molar-refractivity contribution in [2.24, 2.45) is 0 Å². The van der Waals surface area contributed by atoms with E-state index in [2.05, 4.69) is 44.5 Å². The molecule has 0 saturated carbocycles. The van der Waals surface area contributed by atoms with Gasteiger partial charge in [-0.2, -0.15) is 0 Å². The van der Waals surface area contributed by atoms with E-state index in [4.69, 9.17) is 0 Å². The molecule has 0 saturated heterocycles. The first kappa shape index (κ1) is 12.4. The molecule has 1 atom stereocenters. The number of allylic oxidation sites excluding steroid dienone is 2. The number of nitrogens with zero attached hydrogens (tertiary/aromatic N) is 2. The number of hydrogen-bond donors (Lipinski definition) is 0. The maximum atomic E-state index is 2.55. The first-order valence-electron chi connectivity index (χ1n) is 6.38. The number of unbranched alkanes of at least 4 members (excludes halogenated alkanes) is 1. The highest BCUT2D eigenvalue weighted by Crippen LogP contribution is 2.32. The molecule has 0 bridgehead atoms. The quantitative estimate of drug-likeness (QED) is 0.686. The van der Waals surface area contributed by atoms with E-state index >= 15 is 0 Å². The molecule has 0 aromatic rings. The summed E-state index contributed by atoms with van der Waals surface area (Å²) in [5.74, 6) is 0. The average molecular weight is 210 g/mol. The van der Waals surface area contributed by atoms with E-state index < -0.39 is 0 Å². The Hall–Kier alpha value is -0.660. The molecule has 88 valence electrons. The molecule has 0 radical (unpaired) electrons. The Morgan fingerprint density at radius 2 is 1.80 bits per heavy atom. The lowest BCUT2D eigenvalue weighted by Crippen LogP contribution is -2.35. The van der Waals surface area contributed by atoms with Crippen LogP contribution in [0.1, 0.15) is 53.4 Å². The van der Waals surface area contributed by atoms with Crippen LogP contribution in [-0.2, 0) is 0 Å². The summed E-state index contributed by atoms with van der Waals surface area (Å²) in [4.78, 5) is 4.99. The fourth-order valence-corrected chi connectivity index (χ4v) is 2.57. The van der Waals surface area contributed by atoms with Crippen LogP contribution in [-0.4, -0.2) is 29.6 Å². The van der Waals surface area contributed by atoms with Gasteiger partial charge in [0.25, 0.3) is 0 Å². The van der Waals surface area contributed by atoms with Gasteiger partial charge in [0.05, 0.1) is 6.17 Å². The molecule has 2 nitrogen and oxygen atoms in total. The average Bonchev–Trinajstić information content (AvgIpc) is 2.48. The summed E-state index contributed by atoms with van der Waals surface area (Å²) in [5, 5.41) is 0. The summed E-state index contributed by atoms with van der Waals surface area (Å²) < 4.78 is 0. The van der Waals surface area contributed by atoms with E-state index in [1.54, 1.807) is 11.4 Å². The number of rotatable bonds is 5. The molecule has 1 heterocycles. The van der Waals surface area contributed by atoms with Crippen molar-refractivity contribution in [1.82, 2.24) is 9.80 Å². The van der Waals surface area contributed by atoms with E-state index in [0.717, 1.165) is 13.0 Å². The van der Waals surface area contributed by atoms with Crippen molar-refractivity contribution in [3.63, 3.8) is 0 Å². The Bertz CT molecular complexity index is 233. The van der Waals surface area contributed by atoms with Crippen LogP contribution < -0.4 is 0 Å². The topological polar surface area (TPSA) is 6.48 Å². The van der Waals surface area contributed by atoms with E-state index in [1.807, 2.05) is 0 Å². The first-order valence-corrected chi connectivity index (χ1v) is 6.38. The summed E-state index contributed by atoms with van der Waals surface area (Å²) in [6, 6.07) is 0. The van der Waals surface area contributed by atoms with Crippen molar-refractivity contribution in [2.45, 2.75) is 59.5 Å². The lowest BCUT2D eigenvalue weighted by molar-refractivity contribution is 0.181. The third kappa shape index (κ3) is 2.30. The van der Waals surface area contributed by atoms with Crippen LogP contribution in [0.2, 0.25) is 0 Å². The molecule has 0 fully saturated rings. The number of hydrogen-bond acceptors (Lipinski definition) is 2. The van der Waals surface area contributed by atoms with Crippen LogP contribution in [0.3, 0.4) is 0 Å². The molecule has 1 rings (SSSR count). The van der Waals surface area contributed by atoms with Gasteiger partial charge < -0.3 is 9.80 Å². The first-order chi connectivity index (χ1) is 7.17. The molecule has 0 N–H and O–H groups in total. The summed E-state index contributed by atoms with van der Waals surface area (Å²) in [5.41, 5.74) is 3.15. The van der Waals surface area contributed by atoms with E-state index in [-0.39, 0.29) is 0 Å². The SMILES string of the molecule is CCCCC1=C(CC)N(C)C(C)N1CC. The minimum absolute atomic E-state index is 0.553. The zero-order valence-corrected chi connectivity index (χ0v) is 11.0. The van der Waals surface area contributed by atoms with Gasteiger partial charge in [-0.15, -0.1) is 0 Å². The second-order valence-corrected chi connectivity index (χ2v) is 4.38. The minimum atomic E-state index is 0.553. The van der Waals surface area contributed by atoms with Crippen LogP contribution in [0.5, 0.6) is 0 Å². The molecule has 0 spiro atoms. The predicted octanol–water partition coefficient (Wildman–Crippen LogP) is 3.41. The van der Waals surface area contributed by atoms with Crippen LogP contribution in [0.25, 0.3) is 0 Å². The zero-order valence-electron chi connectivity index (χ0n) is 11.0. The monoisotopic (exact) mass is 210 g/mol. The van der Waals surface area contributed by atoms with Crippen LogP contribution in [0.15, 0.2) is 11.4 Å². The van der Waals surface area contributed by atoms with Crippen LogP contribution in [0, 0.1) is 0 Å². The van der Waals surface area contributed by atoms with Crippen molar-refractivity contribution in [1.29, 1.82) is 0 Å². The lowest BCUT2D eigenvalue weighted by atomic mass is 10.1. The van der Waals surface area contributed by atoms with Crippen LogP contribution in [0.4, 0.5) is 0 Å². The van der Waals surface area contributed by atoms with E-state index in [1.165, 1.54) is 19.3 Å². The molecular weight excluding hydrogens is 184 g/mol. The summed E-state index contributed by atoms with van der Waals surface area (Å²) in [6.07, 6.45) is 5.57. The third-order valence-corrected chi connectivity index (χ3v) is 3.56. The fraction of sp³-hybridized carbons (Fsp3) is 0.846. The molecule has 15 heavy (non-hydrogen) atoms. The standard InChI is InChI=1S/C13H26N2/c1-6-9-10-13-12(7-2)14(5)11(4)15(13)8-3/h11H,6-10H2,1-5H3. The van der Waals surface area contributed by atoms with Gasteiger partial charge in [0.15, 0.2) is 0 Å². The van der Waals surface area contributed by atoms with Crippen molar-refractivity contribution >= 4 is 0 Å². The van der Waals surface area contributed by atoms with E-state index in [9.17, 15) is 0 Å². The molecule has 1 aliphatic rings. The summed E-state index contributed by atoms with van der Waals surface area (Å²) >= 11 is 0. The van der Waals surface area contributed by atoms with Gasteiger partial charge in [-0.1, -0.05) is 20.3 Å². The van der Waals surface area contributed by atoms with Crippen molar-refractivity contribution in [2.75, 3.05) is 13.6 Å². The van der Waals surface area contributed by atoms with Crippen molar-refractivity contribution in [3.8, 4) is 0 Å². The van der Waals surface area contributed by atoms with Crippen molar-refractivity contribution in [3.05, 3.63) is 11.4 Å². The molecular formula is C13H26N2. The summed E-state index contributed by atoms with van der Waals surface area (Å²) in [6.45, 7) is 10.2. The molecule has 0 aromatic carbocycles. The summed E-state index contributed by atoms with van der Waals surface area (Å²) in [7, 11) is 2.23. The highest BCUT2D eigenvalue weighted by Gasteiger charge is 2.29. The molecule has 1 unspecified atom stereocenters. The zero-order chi connectivity index (χ0) is 11.4. The second-order valence-electron chi connectivity index (χ2n) is 4.38. The van der Waals surface area contributed by atoms with Gasteiger partial charge in [0.1, 0.15) is 0 Å². The minimum Gasteiger partial charge on any atom is -0.356 e. The van der Waals surface area contributed by atoms with Gasteiger partial charge in [-0.05, 0) is 33.1 Å². The van der Waals surface area contributed by atoms with Gasteiger partial charge in [-0.3, -0.25) is 0 Å². The van der Waals surface area contributed by atoms with Crippen LogP contribution >= 0.6 is 0 Å². The Morgan fingerprint density at radius 3 is 2.27 bits per heavy atom. The Morgan fingerprint density at radius 1 is 1.13 bits per heavy atom. The fourth-order valence-electron chi connectivity index (χ4n) is 2.57. The highest BCUT2D eigenvalue weighted by molar-refractivity contribution is 5.19. The van der Waals surface area contributed by atoms with E-state index in [0.29, 0.717) is 6.17 Å². The maximum absolute atomic E-state index is 2.55.